The highest BCUT2D eigenvalue weighted by atomic mass is 16.6. The molecule has 1 aliphatic rings. The first-order valence-electron chi connectivity index (χ1n) is 6.73. The largest absolute Gasteiger partial charge is 0.446 e. The second-order valence-electron chi connectivity index (χ2n) is 5.28. The molecule has 0 spiro atoms. The first-order chi connectivity index (χ1) is 9.36. The van der Waals surface area contributed by atoms with Gasteiger partial charge in [-0.2, -0.15) is 0 Å². The van der Waals surface area contributed by atoms with Crippen molar-refractivity contribution in [1.29, 1.82) is 0 Å². The van der Waals surface area contributed by atoms with Crippen LogP contribution >= 0.6 is 0 Å². The van der Waals surface area contributed by atoms with Gasteiger partial charge < -0.3 is 19.7 Å². The summed E-state index contributed by atoms with van der Waals surface area (Å²) < 4.78 is 5.09. The van der Waals surface area contributed by atoms with Crippen LogP contribution in [0.5, 0.6) is 0 Å². The number of rotatable bonds is 5. The van der Waals surface area contributed by atoms with E-state index in [1.54, 1.807) is 6.92 Å². The monoisotopic (exact) mass is 282 g/mol. The lowest BCUT2D eigenvalue weighted by Gasteiger charge is -2.21. The van der Waals surface area contributed by atoms with E-state index in [-0.39, 0.29) is 24.5 Å². The number of hydrogen-bond donors (Lipinski definition) is 1. The molecule has 1 aliphatic heterocycles. The molecule has 1 fully saturated rings. The summed E-state index contributed by atoms with van der Waals surface area (Å²) in [7, 11) is 0. The van der Waals surface area contributed by atoms with Crippen LogP contribution in [0.2, 0.25) is 0 Å². The number of carbonyl (C=O) groups is 3. The third-order valence-electron chi connectivity index (χ3n) is 3.49. The molecule has 1 unspecified atom stereocenters. The lowest BCUT2D eigenvalue weighted by atomic mass is 10.1. The second-order valence-corrected chi connectivity index (χ2v) is 5.28. The van der Waals surface area contributed by atoms with Crippen LogP contribution in [0.4, 0.5) is 4.79 Å². The Labute approximate surface area is 119 Å². The third kappa shape index (κ3) is 4.08. The SMILES string of the molecule is C=C1CCN(C(=O)CNC(=O)OC(C)C(C)C)[C@@H]1C=O. The fraction of sp³-hybridized carbons (Fsp3) is 0.643. The summed E-state index contributed by atoms with van der Waals surface area (Å²) in [4.78, 5) is 35.8. The van der Waals surface area contributed by atoms with Gasteiger partial charge in [-0.05, 0) is 24.8 Å². The van der Waals surface area contributed by atoms with E-state index < -0.39 is 12.1 Å². The molecule has 0 saturated carbocycles. The van der Waals surface area contributed by atoms with Gasteiger partial charge in [-0.25, -0.2) is 4.79 Å². The lowest BCUT2D eigenvalue weighted by Crippen LogP contribution is -2.44. The number of amides is 2. The van der Waals surface area contributed by atoms with Crippen LogP contribution in [0.15, 0.2) is 12.2 Å². The molecule has 2 atom stereocenters. The van der Waals surface area contributed by atoms with E-state index in [2.05, 4.69) is 11.9 Å². The quantitative estimate of drug-likeness (QED) is 0.605. The van der Waals surface area contributed by atoms with E-state index in [1.165, 1.54) is 4.90 Å². The van der Waals surface area contributed by atoms with Crippen molar-refractivity contribution in [2.45, 2.75) is 39.3 Å². The van der Waals surface area contributed by atoms with E-state index in [0.717, 1.165) is 5.57 Å². The number of alkyl carbamates (subject to hydrolysis) is 1. The van der Waals surface area contributed by atoms with E-state index in [4.69, 9.17) is 4.74 Å². The van der Waals surface area contributed by atoms with Gasteiger partial charge in [-0.15, -0.1) is 0 Å². The van der Waals surface area contributed by atoms with Crippen molar-refractivity contribution in [2.75, 3.05) is 13.1 Å². The zero-order valence-electron chi connectivity index (χ0n) is 12.2. The van der Waals surface area contributed by atoms with Crippen molar-refractivity contribution in [3.63, 3.8) is 0 Å². The van der Waals surface area contributed by atoms with Gasteiger partial charge in [0.25, 0.3) is 0 Å². The Hall–Kier alpha value is -1.85. The maximum Gasteiger partial charge on any atom is 0.407 e. The number of likely N-dealkylation sites (tertiary alicyclic amines) is 1. The molecule has 1 rings (SSSR count). The van der Waals surface area contributed by atoms with E-state index in [0.29, 0.717) is 19.3 Å². The van der Waals surface area contributed by atoms with E-state index in [9.17, 15) is 14.4 Å². The average molecular weight is 282 g/mol. The van der Waals surface area contributed by atoms with Gasteiger partial charge in [0, 0.05) is 6.54 Å². The van der Waals surface area contributed by atoms with Crippen molar-refractivity contribution in [2.24, 2.45) is 5.92 Å². The van der Waals surface area contributed by atoms with Gasteiger partial charge in [-0.1, -0.05) is 20.4 Å². The molecule has 0 aliphatic carbocycles. The first kappa shape index (κ1) is 16.2. The molecular formula is C14H22N2O4. The second kappa shape index (κ2) is 7.07. The minimum Gasteiger partial charge on any atom is -0.446 e. The highest BCUT2D eigenvalue weighted by Crippen LogP contribution is 2.20. The Morgan fingerprint density at radius 3 is 2.70 bits per heavy atom. The predicted molar refractivity (Wildman–Crippen MR) is 74.1 cm³/mol. The summed E-state index contributed by atoms with van der Waals surface area (Å²) in [5.74, 6) is -0.104. The van der Waals surface area contributed by atoms with Crippen LogP contribution in [0.3, 0.4) is 0 Å². The van der Waals surface area contributed by atoms with Crippen molar-refractivity contribution in [3.8, 4) is 0 Å². The average Bonchev–Trinajstić information content (AvgIpc) is 2.76. The Morgan fingerprint density at radius 1 is 1.50 bits per heavy atom. The fourth-order valence-electron chi connectivity index (χ4n) is 1.82. The standard InChI is InChI=1S/C14H22N2O4/c1-9(2)11(4)20-14(19)15-7-13(18)16-6-5-10(3)12(16)8-17/h8-9,11-12H,3,5-7H2,1-2,4H3,(H,15,19)/t11?,12-/m1/s1. The molecule has 0 bridgehead atoms. The van der Waals surface area contributed by atoms with Crippen molar-refractivity contribution in [3.05, 3.63) is 12.2 Å². The molecule has 20 heavy (non-hydrogen) atoms. The van der Waals surface area contributed by atoms with Gasteiger partial charge in [0.1, 0.15) is 25.0 Å². The number of carbonyl (C=O) groups excluding carboxylic acids is 3. The van der Waals surface area contributed by atoms with Crippen molar-refractivity contribution >= 4 is 18.3 Å². The number of ether oxygens (including phenoxy) is 1. The van der Waals surface area contributed by atoms with Crippen molar-refractivity contribution < 1.29 is 19.1 Å². The zero-order chi connectivity index (χ0) is 15.3. The molecule has 2 amide bonds. The molecule has 112 valence electrons. The molecule has 0 aromatic heterocycles. The first-order valence-corrected chi connectivity index (χ1v) is 6.73. The summed E-state index contributed by atoms with van der Waals surface area (Å²) in [6.07, 6.45) is 0.468. The Balaban J connectivity index is 2.42. The number of aldehydes is 1. The molecule has 1 N–H and O–H groups in total. The van der Waals surface area contributed by atoms with E-state index in [1.807, 2.05) is 13.8 Å². The minimum atomic E-state index is -0.625. The Kier molecular flexibility index (Phi) is 5.73. The smallest absolute Gasteiger partial charge is 0.407 e. The summed E-state index contributed by atoms with van der Waals surface area (Å²) in [5.41, 5.74) is 0.726. The van der Waals surface area contributed by atoms with Crippen LogP contribution in [0, 0.1) is 5.92 Å². The third-order valence-corrected chi connectivity index (χ3v) is 3.49. The van der Waals surface area contributed by atoms with Gasteiger partial charge >= 0.3 is 6.09 Å². The molecule has 6 nitrogen and oxygen atoms in total. The molecule has 1 saturated heterocycles. The summed E-state index contributed by atoms with van der Waals surface area (Å²) in [6.45, 7) is 9.70. The Morgan fingerprint density at radius 2 is 2.15 bits per heavy atom. The molecular weight excluding hydrogens is 260 g/mol. The Bertz CT molecular complexity index is 406. The van der Waals surface area contributed by atoms with Gasteiger partial charge in [0.05, 0.1) is 0 Å². The van der Waals surface area contributed by atoms with E-state index >= 15 is 0 Å². The maximum absolute atomic E-state index is 11.9. The highest BCUT2D eigenvalue weighted by Gasteiger charge is 2.31. The minimum absolute atomic E-state index is 0.179. The van der Waals surface area contributed by atoms with Crippen LogP contribution in [-0.2, 0) is 14.3 Å². The molecule has 6 heteroatoms. The van der Waals surface area contributed by atoms with Gasteiger partial charge in [0.2, 0.25) is 5.91 Å². The molecule has 0 aromatic rings. The number of nitrogens with zero attached hydrogens (tertiary/aromatic N) is 1. The molecule has 1 heterocycles. The van der Waals surface area contributed by atoms with Crippen molar-refractivity contribution in [1.82, 2.24) is 10.2 Å². The van der Waals surface area contributed by atoms with Crippen LogP contribution in [0.1, 0.15) is 27.2 Å². The summed E-state index contributed by atoms with van der Waals surface area (Å²) >= 11 is 0. The highest BCUT2D eigenvalue weighted by molar-refractivity contribution is 5.86. The fourth-order valence-corrected chi connectivity index (χ4v) is 1.82. The topological polar surface area (TPSA) is 75.7 Å². The van der Waals surface area contributed by atoms with Gasteiger partial charge in [0.15, 0.2) is 0 Å². The molecule has 0 radical (unpaired) electrons. The number of hydrogen-bond acceptors (Lipinski definition) is 4. The summed E-state index contributed by atoms with van der Waals surface area (Å²) in [6, 6.07) is -0.574. The normalized spacial score (nSPS) is 19.9. The summed E-state index contributed by atoms with van der Waals surface area (Å²) in [5, 5.41) is 2.41. The lowest BCUT2D eigenvalue weighted by molar-refractivity contribution is -0.133. The molecule has 0 aromatic carbocycles. The van der Waals surface area contributed by atoms with Gasteiger partial charge in [-0.3, -0.25) is 4.79 Å². The predicted octanol–water partition coefficient (Wildman–Crippen LogP) is 1.11. The zero-order valence-corrected chi connectivity index (χ0v) is 12.2. The number of nitrogens with one attached hydrogen (secondary N) is 1. The van der Waals surface area contributed by atoms with Crippen LogP contribution < -0.4 is 5.32 Å². The maximum atomic E-state index is 11.9. The van der Waals surface area contributed by atoms with Crippen LogP contribution in [0.25, 0.3) is 0 Å². The van der Waals surface area contributed by atoms with Crippen LogP contribution in [-0.4, -0.2) is 48.4 Å².